The zero-order valence-electron chi connectivity index (χ0n) is 34.3. The molecule has 0 radical (unpaired) electrons. The van der Waals surface area contributed by atoms with Crippen LogP contribution in [0.3, 0.4) is 0 Å². The number of anilines is 1. The number of carbonyl (C=O) groups excluding carboxylic acids is 1. The number of ether oxygens (including phenoxy) is 4. The minimum Gasteiger partial charge on any atom is -0.497 e. The van der Waals surface area contributed by atoms with Gasteiger partial charge in [-0.25, -0.2) is 9.46 Å². The molecule has 1 aromatic heterocycles. The molecule has 1 aliphatic rings. The number of hydrogen-bond acceptors (Lipinski definition) is 10. The van der Waals surface area contributed by atoms with Gasteiger partial charge in [-0.05, 0) is 87.7 Å². The highest BCUT2D eigenvalue weighted by Crippen LogP contribution is 2.50. The predicted octanol–water partition coefficient (Wildman–Crippen LogP) is 8.49. The van der Waals surface area contributed by atoms with Crippen LogP contribution >= 0.6 is 8.53 Å². The number of aromatic nitrogens is 2. The zero-order chi connectivity index (χ0) is 41.4. The van der Waals surface area contributed by atoms with Gasteiger partial charge in [0.05, 0.1) is 26.9 Å². The molecule has 58 heavy (non-hydrogen) atoms. The van der Waals surface area contributed by atoms with Gasteiger partial charge >= 0.3 is 5.69 Å². The third-order valence-corrected chi connectivity index (χ3v) is 12.2. The molecule has 1 saturated heterocycles. The molecule has 0 bridgehead atoms. The summed E-state index contributed by atoms with van der Waals surface area (Å²) in [5.41, 5.74) is 1.99. The Balaban J connectivity index is 1.39. The Kier molecular flexibility index (Phi) is 14.1. The van der Waals surface area contributed by atoms with Gasteiger partial charge in [0, 0.05) is 42.9 Å². The molecule has 12 nitrogen and oxygen atoms in total. The Morgan fingerprint density at radius 3 is 1.90 bits per heavy atom. The fraction of sp³-hybridized carbons (Fsp3) is 0.356. The number of methoxy groups -OCH3 is 2. The van der Waals surface area contributed by atoms with Crippen LogP contribution in [0, 0.1) is 6.92 Å². The molecular formula is C45H53N4O8P. The van der Waals surface area contributed by atoms with E-state index in [0.29, 0.717) is 29.0 Å². The van der Waals surface area contributed by atoms with Crippen molar-refractivity contribution >= 4 is 20.3 Å². The van der Waals surface area contributed by atoms with Crippen molar-refractivity contribution in [3.8, 4) is 11.5 Å². The minimum atomic E-state index is -1.54. The standard InChI is InChI=1S/C45H53N4O8P/c1-30(2)49(31(3)4)58(54-8)57-39-27-41(48-28-32(5)42(47-44(48)51)46-43(50)33-15-11-9-12-16-33)56-40(39)29-55-45(34-17-13-10-14-18-34,35-19-23-37(52-6)24-20-35)36-21-25-38(53-7)26-22-36/h9-26,28,30-31,39-41H,27,29H2,1-8H3,(H,46,47,50,51)/t39-,40+,41+,58?/m0/s1. The monoisotopic (exact) mass is 808 g/mol. The first-order valence-corrected chi connectivity index (χ1v) is 20.5. The van der Waals surface area contributed by atoms with Crippen LogP contribution in [0.4, 0.5) is 5.82 Å². The highest BCUT2D eigenvalue weighted by Gasteiger charge is 2.45. The van der Waals surface area contributed by atoms with E-state index in [1.165, 1.54) is 4.57 Å². The fourth-order valence-corrected chi connectivity index (χ4v) is 8.95. The summed E-state index contributed by atoms with van der Waals surface area (Å²) < 4.78 is 41.7. The molecule has 1 amide bonds. The summed E-state index contributed by atoms with van der Waals surface area (Å²) in [6.45, 7) is 10.3. The number of nitrogens with one attached hydrogen (secondary N) is 1. The van der Waals surface area contributed by atoms with Crippen LogP contribution in [-0.2, 0) is 24.1 Å². The van der Waals surface area contributed by atoms with Crippen molar-refractivity contribution in [3.05, 3.63) is 154 Å². The summed E-state index contributed by atoms with van der Waals surface area (Å²) >= 11 is 0. The van der Waals surface area contributed by atoms with Gasteiger partial charge in [-0.3, -0.25) is 9.36 Å². The van der Waals surface area contributed by atoms with Gasteiger partial charge in [0.15, 0.2) is 0 Å². The molecule has 6 rings (SSSR count). The van der Waals surface area contributed by atoms with Crippen molar-refractivity contribution in [1.82, 2.24) is 14.2 Å². The second-order valence-corrected chi connectivity index (χ2v) is 16.1. The molecule has 0 aliphatic carbocycles. The van der Waals surface area contributed by atoms with E-state index in [-0.39, 0.29) is 30.4 Å². The van der Waals surface area contributed by atoms with Crippen LogP contribution < -0.4 is 20.5 Å². The number of amides is 1. The third kappa shape index (κ3) is 9.34. The number of benzene rings is 4. The molecule has 5 aromatic rings. The molecule has 4 aromatic carbocycles. The summed E-state index contributed by atoms with van der Waals surface area (Å²) in [7, 11) is 3.38. The average Bonchev–Trinajstić information content (AvgIpc) is 3.64. The van der Waals surface area contributed by atoms with Gasteiger partial charge in [0.2, 0.25) is 0 Å². The fourth-order valence-electron chi connectivity index (χ4n) is 7.36. The molecule has 0 saturated carbocycles. The first-order chi connectivity index (χ1) is 28.0. The Morgan fingerprint density at radius 1 is 0.845 bits per heavy atom. The van der Waals surface area contributed by atoms with Crippen LogP contribution in [0.1, 0.15) is 73.0 Å². The third-order valence-electron chi connectivity index (χ3n) is 10.2. The summed E-state index contributed by atoms with van der Waals surface area (Å²) in [6.07, 6.45) is -0.00106. The SMILES string of the molecule is COc1ccc(C(OC[C@H]2O[C@@H](n3cc(C)c(NC(=O)c4ccccc4)nc3=O)C[C@@H]2OP(OC)N(C(C)C)C(C)C)(c2ccccc2)c2ccc(OC)cc2)cc1. The van der Waals surface area contributed by atoms with E-state index in [1.807, 2.05) is 84.9 Å². The maximum Gasteiger partial charge on any atom is 0.351 e. The molecular weight excluding hydrogens is 755 g/mol. The van der Waals surface area contributed by atoms with Gasteiger partial charge in [0.1, 0.15) is 35.2 Å². The van der Waals surface area contributed by atoms with Crippen LogP contribution in [-0.4, -0.2) is 72.4 Å². The topological polar surface area (TPSA) is 123 Å². The van der Waals surface area contributed by atoms with E-state index < -0.39 is 38.3 Å². The van der Waals surface area contributed by atoms with E-state index in [9.17, 15) is 9.59 Å². The molecule has 13 heteroatoms. The van der Waals surface area contributed by atoms with E-state index in [2.05, 4.69) is 42.7 Å². The quantitative estimate of drug-likeness (QED) is 0.0723. The molecule has 306 valence electrons. The second-order valence-electron chi connectivity index (χ2n) is 14.6. The molecule has 1 unspecified atom stereocenters. The van der Waals surface area contributed by atoms with Gasteiger partial charge < -0.3 is 33.3 Å². The normalized spacial score (nSPS) is 17.5. The lowest BCUT2D eigenvalue weighted by Gasteiger charge is -2.38. The summed E-state index contributed by atoms with van der Waals surface area (Å²) in [5.74, 6) is 1.24. The highest BCUT2D eigenvalue weighted by atomic mass is 31.2. The maximum atomic E-state index is 13.8. The number of hydrogen-bond donors (Lipinski definition) is 1. The first-order valence-electron chi connectivity index (χ1n) is 19.4. The van der Waals surface area contributed by atoms with E-state index in [1.54, 1.807) is 58.7 Å². The van der Waals surface area contributed by atoms with Crippen LogP contribution in [0.25, 0.3) is 0 Å². The van der Waals surface area contributed by atoms with Gasteiger partial charge in [-0.2, -0.15) is 4.98 Å². The average molecular weight is 809 g/mol. The molecule has 2 heterocycles. The molecule has 1 fully saturated rings. The van der Waals surface area contributed by atoms with Crippen molar-refractivity contribution in [3.63, 3.8) is 0 Å². The van der Waals surface area contributed by atoms with E-state index in [4.69, 9.17) is 28.0 Å². The van der Waals surface area contributed by atoms with E-state index in [0.717, 1.165) is 16.7 Å². The minimum absolute atomic E-state index is 0.0662. The molecule has 1 aliphatic heterocycles. The summed E-state index contributed by atoms with van der Waals surface area (Å²) in [4.78, 5) is 31.0. The van der Waals surface area contributed by atoms with Gasteiger partial charge in [0.25, 0.3) is 14.4 Å². The number of nitrogens with zero attached hydrogens (tertiary/aromatic N) is 3. The first kappa shape index (κ1) is 42.7. The van der Waals surface area contributed by atoms with Crippen molar-refractivity contribution in [2.24, 2.45) is 0 Å². The zero-order valence-corrected chi connectivity index (χ0v) is 35.2. The van der Waals surface area contributed by atoms with Crippen molar-refractivity contribution < 1.29 is 32.8 Å². The van der Waals surface area contributed by atoms with Crippen molar-refractivity contribution in [2.45, 2.75) is 77.2 Å². The number of carbonyl (C=O) groups is 1. The molecule has 4 atom stereocenters. The Bertz CT molecular complexity index is 2100. The summed E-state index contributed by atoms with van der Waals surface area (Å²) in [6, 6.07) is 34.7. The Labute approximate surface area is 342 Å². The highest BCUT2D eigenvalue weighted by molar-refractivity contribution is 7.44. The Hall–Kier alpha value is -4.94. The van der Waals surface area contributed by atoms with Crippen LogP contribution in [0.5, 0.6) is 11.5 Å². The smallest absolute Gasteiger partial charge is 0.351 e. The predicted molar refractivity (Wildman–Crippen MR) is 225 cm³/mol. The largest absolute Gasteiger partial charge is 0.497 e. The van der Waals surface area contributed by atoms with Crippen LogP contribution in [0.15, 0.2) is 120 Å². The molecule has 1 N–H and O–H groups in total. The van der Waals surface area contributed by atoms with Gasteiger partial charge in [-0.1, -0.05) is 72.8 Å². The maximum absolute atomic E-state index is 13.8. The lowest BCUT2D eigenvalue weighted by molar-refractivity contribution is -0.0924. The second kappa shape index (κ2) is 19.2. The number of rotatable bonds is 17. The van der Waals surface area contributed by atoms with E-state index >= 15 is 0 Å². The lowest BCUT2D eigenvalue weighted by Crippen LogP contribution is -2.39. The lowest BCUT2D eigenvalue weighted by atomic mass is 9.80. The Morgan fingerprint density at radius 2 is 1.38 bits per heavy atom. The number of aryl methyl sites for hydroxylation is 1. The van der Waals surface area contributed by atoms with Crippen molar-refractivity contribution in [1.29, 1.82) is 0 Å². The van der Waals surface area contributed by atoms with Crippen LogP contribution in [0.2, 0.25) is 0 Å². The van der Waals surface area contributed by atoms with Gasteiger partial charge in [-0.15, -0.1) is 0 Å². The van der Waals surface area contributed by atoms with Crippen molar-refractivity contribution in [2.75, 3.05) is 33.3 Å². The molecule has 0 spiro atoms. The summed E-state index contributed by atoms with van der Waals surface area (Å²) in [5, 5.41) is 2.78.